The van der Waals surface area contributed by atoms with Crippen molar-refractivity contribution in [3.05, 3.63) is 34.9 Å². The van der Waals surface area contributed by atoms with Gasteiger partial charge in [-0.15, -0.1) is 0 Å². The molecule has 0 heterocycles. The van der Waals surface area contributed by atoms with Crippen molar-refractivity contribution in [3.8, 4) is 0 Å². The summed E-state index contributed by atoms with van der Waals surface area (Å²) in [6, 6.07) is 6.40. The van der Waals surface area contributed by atoms with Gasteiger partial charge in [0.1, 0.15) is 0 Å². The van der Waals surface area contributed by atoms with Crippen LogP contribution in [0.4, 0.5) is 0 Å². The molecule has 3 heteroatoms. The van der Waals surface area contributed by atoms with Crippen LogP contribution in [-0.4, -0.2) is 32.0 Å². The first-order chi connectivity index (χ1) is 8.15. The van der Waals surface area contributed by atoms with Crippen LogP contribution < -0.4 is 5.32 Å². The van der Waals surface area contributed by atoms with Crippen LogP contribution in [0.5, 0.6) is 0 Å². The topological polar surface area (TPSA) is 32.3 Å². The number of nitrogens with one attached hydrogen (secondary N) is 1. The van der Waals surface area contributed by atoms with Crippen LogP contribution in [0, 0.1) is 0 Å². The molecule has 1 aromatic carbocycles. The lowest BCUT2D eigenvalue weighted by Gasteiger charge is -2.28. The van der Waals surface area contributed by atoms with Gasteiger partial charge in [-0.2, -0.15) is 0 Å². The van der Waals surface area contributed by atoms with E-state index in [1.54, 1.807) is 19.0 Å². The van der Waals surface area contributed by atoms with Gasteiger partial charge in [-0.1, -0.05) is 12.1 Å². The first kappa shape index (κ1) is 12.1. The van der Waals surface area contributed by atoms with Crippen molar-refractivity contribution < 1.29 is 4.79 Å². The number of carbonyl (C=O) groups is 1. The van der Waals surface area contributed by atoms with Crippen LogP contribution in [0.1, 0.15) is 40.4 Å². The Bertz CT molecular complexity index is 426. The molecule has 1 atom stereocenters. The number of carbonyl (C=O) groups excluding carboxylic acids is 1. The Balaban J connectivity index is 2.50. The second kappa shape index (κ2) is 4.88. The van der Waals surface area contributed by atoms with Gasteiger partial charge >= 0.3 is 0 Å². The van der Waals surface area contributed by atoms with E-state index in [1.807, 2.05) is 19.2 Å². The van der Waals surface area contributed by atoms with Crippen LogP contribution in [0.25, 0.3) is 0 Å². The van der Waals surface area contributed by atoms with E-state index in [1.165, 1.54) is 17.5 Å². The van der Waals surface area contributed by atoms with Crippen molar-refractivity contribution in [2.75, 3.05) is 21.1 Å². The van der Waals surface area contributed by atoms with Crippen LogP contribution in [0.3, 0.4) is 0 Å². The first-order valence-corrected chi connectivity index (χ1v) is 6.16. The number of fused-ring (bicyclic) bond motifs is 1. The fourth-order valence-electron chi connectivity index (χ4n) is 2.60. The molecular formula is C14H20N2O. The highest BCUT2D eigenvalue weighted by molar-refractivity contribution is 5.96. The van der Waals surface area contributed by atoms with Crippen molar-refractivity contribution in [3.63, 3.8) is 0 Å². The molecule has 3 nitrogen and oxygen atoms in total. The zero-order valence-corrected chi connectivity index (χ0v) is 10.8. The maximum atomic E-state index is 12.2. The van der Waals surface area contributed by atoms with Gasteiger partial charge < -0.3 is 10.2 Å². The van der Waals surface area contributed by atoms with Gasteiger partial charge in [0, 0.05) is 25.7 Å². The molecule has 0 aromatic heterocycles. The summed E-state index contributed by atoms with van der Waals surface area (Å²) in [5, 5.41) is 3.32. The number of nitrogens with zero attached hydrogens (tertiary/aromatic N) is 1. The molecule has 0 spiro atoms. The van der Waals surface area contributed by atoms with Crippen LogP contribution in [0.2, 0.25) is 0 Å². The normalized spacial score (nSPS) is 18.6. The number of aryl methyl sites for hydroxylation is 1. The molecule has 2 rings (SSSR count). The summed E-state index contributed by atoms with van der Waals surface area (Å²) in [5.74, 6) is 0.101. The Morgan fingerprint density at radius 1 is 1.41 bits per heavy atom. The van der Waals surface area contributed by atoms with E-state index in [0.717, 1.165) is 18.4 Å². The van der Waals surface area contributed by atoms with E-state index in [2.05, 4.69) is 11.4 Å². The van der Waals surface area contributed by atoms with Crippen LogP contribution in [-0.2, 0) is 6.42 Å². The lowest BCUT2D eigenvalue weighted by Crippen LogP contribution is -2.28. The van der Waals surface area contributed by atoms with Crippen molar-refractivity contribution in [1.29, 1.82) is 0 Å². The highest BCUT2D eigenvalue weighted by Crippen LogP contribution is 2.32. The lowest BCUT2D eigenvalue weighted by atomic mass is 9.84. The Morgan fingerprint density at radius 3 is 2.82 bits per heavy atom. The van der Waals surface area contributed by atoms with E-state index < -0.39 is 0 Å². The summed E-state index contributed by atoms with van der Waals surface area (Å²) in [7, 11) is 5.58. The maximum absolute atomic E-state index is 12.2. The summed E-state index contributed by atoms with van der Waals surface area (Å²) in [6.45, 7) is 0. The summed E-state index contributed by atoms with van der Waals surface area (Å²) < 4.78 is 0. The van der Waals surface area contributed by atoms with E-state index in [4.69, 9.17) is 0 Å². The molecule has 0 fully saturated rings. The first-order valence-electron chi connectivity index (χ1n) is 6.16. The Morgan fingerprint density at radius 2 is 2.18 bits per heavy atom. The van der Waals surface area contributed by atoms with E-state index in [9.17, 15) is 4.79 Å². The Kier molecular flexibility index (Phi) is 3.48. The fraction of sp³-hybridized carbons (Fsp3) is 0.500. The molecule has 0 saturated heterocycles. The quantitative estimate of drug-likeness (QED) is 0.845. The maximum Gasteiger partial charge on any atom is 0.253 e. The smallest absolute Gasteiger partial charge is 0.253 e. The molecular weight excluding hydrogens is 212 g/mol. The molecule has 0 radical (unpaired) electrons. The third-order valence-corrected chi connectivity index (χ3v) is 3.47. The third kappa shape index (κ3) is 2.20. The Hall–Kier alpha value is -1.35. The second-order valence-electron chi connectivity index (χ2n) is 4.81. The van der Waals surface area contributed by atoms with E-state index in [-0.39, 0.29) is 5.91 Å². The molecule has 1 aliphatic rings. The molecule has 1 unspecified atom stereocenters. The van der Waals surface area contributed by atoms with Gasteiger partial charge in [0.05, 0.1) is 0 Å². The fourth-order valence-corrected chi connectivity index (χ4v) is 2.60. The molecule has 0 aliphatic heterocycles. The predicted molar refractivity (Wildman–Crippen MR) is 69.2 cm³/mol. The second-order valence-corrected chi connectivity index (χ2v) is 4.81. The van der Waals surface area contributed by atoms with Gasteiger partial charge in [0.25, 0.3) is 5.91 Å². The standard InChI is InChI=1S/C14H20N2O/c1-15-12-9-5-7-10-6-4-8-11(13(10)12)14(17)16(2)3/h4,6,8,12,15H,5,7,9H2,1-3H3. The van der Waals surface area contributed by atoms with Crippen molar-refractivity contribution in [1.82, 2.24) is 10.2 Å². The minimum Gasteiger partial charge on any atom is -0.345 e. The molecule has 0 bridgehead atoms. The highest BCUT2D eigenvalue weighted by atomic mass is 16.2. The molecule has 1 amide bonds. The zero-order valence-electron chi connectivity index (χ0n) is 10.8. The molecule has 0 saturated carbocycles. The average molecular weight is 232 g/mol. The van der Waals surface area contributed by atoms with Crippen LogP contribution in [0.15, 0.2) is 18.2 Å². The highest BCUT2D eigenvalue weighted by Gasteiger charge is 2.25. The SMILES string of the molecule is CNC1CCCc2cccc(C(=O)N(C)C)c21. The molecule has 92 valence electrons. The summed E-state index contributed by atoms with van der Waals surface area (Å²) in [6.07, 6.45) is 3.39. The third-order valence-electron chi connectivity index (χ3n) is 3.47. The number of hydrogen-bond donors (Lipinski definition) is 1. The summed E-state index contributed by atoms with van der Waals surface area (Å²) >= 11 is 0. The predicted octanol–water partition coefficient (Wildman–Crippen LogP) is 1.99. The van der Waals surface area contributed by atoms with Gasteiger partial charge in [-0.3, -0.25) is 4.79 Å². The van der Waals surface area contributed by atoms with E-state index >= 15 is 0 Å². The largest absolute Gasteiger partial charge is 0.345 e. The average Bonchev–Trinajstić information content (AvgIpc) is 2.36. The number of benzene rings is 1. The van der Waals surface area contributed by atoms with Crippen LogP contribution >= 0.6 is 0 Å². The van der Waals surface area contributed by atoms with Gasteiger partial charge in [-0.05, 0) is 43.5 Å². The summed E-state index contributed by atoms with van der Waals surface area (Å²) in [4.78, 5) is 13.8. The minimum absolute atomic E-state index is 0.101. The van der Waals surface area contributed by atoms with Gasteiger partial charge in [-0.25, -0.2) is 0 Å². The minimum atomic E-state index is 0.101. The molecule has 17 heavy (non-hydrogen) atoms. The van der Waals surface area contributed by atoms with Crippen molar-refractivity contribution in [2.45, 2.75) is 25.3 Å². The van der Waals surface area contributed by atoms with E-state index in [0.29, 0.717) is 6.04 Å². The number of hydrogen-bond acceptors (Lipinski definition) is 2. The monoisotopic (exact) mass is 232 g/mol. The molecule has 1 aromatic rings. The van der Waals surface area contributed by atoms with Crippen molar-refractivity contribution in [2.24, 2.45) is 0 Å². The molecule has 1 aliphatic carbocycles. The summed E-state index contributed by atoms with van der Waals surface area (Å²) in [5.41, 5.74) is 3.38. The lowest BCUT2D eigenvalue weighted by molar-refractivity contribution is 0.0825. The molecule has 1 N–H and O–H groups in total. The number of rotatable bonds is 2. The zero-order chi connectivity index (χ0) is 12.4. The van der Waals surface area contributed by atoms with Gasteiger partial charge in [0.15, 0.2) is 0 Å². The van der Waals surface area contributed by atoms with Gasteiger partial charge in [0.2, 0.25) is 0 Å². The van der Waals surface area contributed by atoms with Crippen molar-refractivity contribution >= 4 is 5.91 Å². The number of amides is 1. The Labute approximate surface area is 103 Å².